The molecule has 4 unspecified atom stereocenters. The summed E-state index contributed by atoms with van der Waals surface area (Å²) in [6.45, 7) is 5.66. The lowest BCUT2D eigenvalue weighted by Gasteiger charge is -2.49. The third-order valence-electron chi connectivity index (χ3n) is 8.54. The predicted octanol–water partition coefficient (Wildman–Crippen LogP) is 4.66. The highest BCUT2D eigenvalue weighted by molar-refractivity contribution is 5.41. The SMILES string of the molecule is CN(C)CCOC(/C=C1\CCC2C3CCc4cc(O)ccc4C3CCC12C)OCCN(C)C. The molecular formula is C28H44N2O3. The van der Waals surface area contributed by atoms with Gasteiger partial charge in [-0.3, -0.25) is 0 Å². The number of nitrogens with zero attached hydrogens (tertiary/aromatic N) is 2. The monoisotopic (exact) mass is 456 g/mol. The molecule has 0 radical (unpaired) electrons. The predicted molar refractivity (Wildman–Crippen MR) is 134 cm³/mol. The molecular weight excluding hydrogens is 412 g/mol. The van der Waals surface area contributed by atoms with Crippen LogP contribution >= 0.6 is 0 Å². The minimum absolute atomic E-state index is 0.254. The summed E-state index contributed by atoms with van der Waals surface area (Å²) in [5.41, 5.74) is 4.68. The van der Waals surface area contributed by atoms with Crippen LogP contribution < -0.4 is 0 Å². The van der Waals surface area contributed by atoms with Crippen molar-refractivity contribution in [3.05, 3.63) is 41.0 Å². The van der Waals surface area contributed by atoms with E-state index in [1.54, 1.807) is 5.57 Å². The van der Waals surface area contributed by atoms with Crippen molar-refractivity contribution in [2.24, 2.45) is 17.3 Å². The first-order valence-electron chi connectivity index (χ1n) is 12.8. The molecule has 33 heavy (non-hydrogen) atoms. The summed E-state index contributed by atoms with van der Waals surface area (Å²) in [5.74, 6) is 2.53. The van der Waals surface area contributed by atoms with E-state index in [1.165, 1.54) is 36.8 Å². The largest absolute Gasteiger partial charge is 0.508 e. The Kier molecular flexibility index (Phi) is 7.84. The van der Waals surface area contributed by atoms with Gasteiger partial charge in [0.15, 0.2) is 6.29 Å². The Morgan fingerprint density at radius 1 is 1.03 bits per heavy atom. The van der Waals surface area contributed by atoms with Crippen LogP contribution in [-0.4, -0.2) is 75.7 Å². The summed E-state index contributed by atoms with van der Waals surface area (Å²) in [4.78, 5) is 4.30. The maximum absolute atomic E-state index is 9.94. The minimum atomic E-state index is -0.261. The first-order valence-corrected chi connectivity index (χ1v) is 12.8. The van der Waals surface area contributed by atoms with Gasteiger partial charge < -0.3 is 24.4 Å². The van der Waals surface area contributed by atoms with E-state index in [4.69, 9.17) is 9.47 Å². The Bertz CT molecular complexity index is 822. The van der Waals surface area contributed by atoms with E-state index in [0.29, 0.717) is 24.9 Å². The van der Waals surface area contributed by atoms with E-state index in [2.05, 4.69) is 57.1 Å². The number of benzene rings is 1. The summed E-state index contributed by atoms with van der Waals surface area (Å²) in [5, 5.41) is 9.94. The van der Waals surface area contributed by atoms with Crippen LogP contribution in [0.4, 0.5) is 0 Å². The van der Waals surface area contributed by atoms with Gasteiger partial charge >= 0.3 is 0 Å². The van der Waals surface area contributed by atoms with Crippen LogP contribution in [0.3, 0.4) is 0 Å². The fourth-order valence-corrected chi connectivity index (χ4v) is 6.70. The minimum Gasteiger partial charge on any atom is -0.508 e. The average Bonchev–Trinajstić information content (AvgIpc) is 3.09. The van der Waals surface area contributed by atoms with Crippen molar-refractivity contribution in [1.29, 1.82) is 0 Å². The van der Waals surface area contributed by atoms with Crippen molar-refractivity contribution in [2.45, 2.75) is 57.7 Å². The molecule has 5 heteroatoms. The van der Waals surface area contributed by atoms with Gasteiger partial charge in [0.2, 0.25) is 0 Å². The lowest BCUT2D eigenvalue weighted by Crippen LogP contribution is -2.40. The first kappa shape index (κ1) is 24.7. The number of ether oxygens (including phenoxy) is 2. The van der Waals surface area contributed by atoms with Crippen molar-refractivity contribution in [3.63, 3.8) is 0 Å². The van der Waals surface area contributed by atoms with E-state index in [9.17, 15) is 5.11 Å². The third-order valence-corrected chi connectivity index (χ3v) is 8.54. The van der Waals surface area contributed by atoms with Gasteiger partial charge in [0.25, 0.3) is 0 Å². The first-order chi connectivity index (χ1) is 15.8. The maximum atomic E-state index is 9.94. The number of aromatic hydroxyl groups is 1. The molecule has 1 aromatic carbocycles. The molecule has 184 valence electrons. The summed E-state index contributed by atoms with van der Waals surface area (Å²) < 4.78 is 12.4. The smallest absolute Gasteiger partial charge is 0.177 e. The van der Waals surface area contributed by atoms with Gasteiger partial charge in [0.1, 0.15) is 5.75 Å². The molecule has 3 aliphatic carbocycles. The zero-order chi connectivity index (χ0) is 23.6. The number of fused-ring (bicyclic) bond motifs is 5. The molecule has 1 aromatic rings. The molecule has 4 rings (SSSR count). The molecule has 3 aliphatic rings. The van der Waals surface area contributed by atoms with Crippen LogP contribution in [-0.2, 0) is 15.9 Å². The molecule has 0 aromatic heterocycles. The van der Waals surface area contributed by atoms with Gasteiger partial charge in [-0.15, -0.1) is 0 Å². The number of allylic oxidation sites excluding steroid dienone is 1. The highest BCUT2D eigenvalue weighted by atomic mass is 16.7. The van der Waals surface area contributed by atoms with Crippen molar-refractivity contribution in [3.8, 4) is 5.75 Å². The summed E-state index contributed by atoms with van der Waals surface area (Å²) in [6, 6.07) is 6.08. The molecule has 2 saturated carbocycles. The van der Waals surface area contributed by atoms with Crippen LogP contribution in [0, 0.1) is 17.3 Å². The second-order valence-electron chi connectivity index (χ2n) is 11.2. The third kappa shape index (κ3) is 5.48. The molecule has 0 amide bonds. The Morgan fingerprint density at radius 3 is 2.39 bits per heavy atom. The maximum Gasteiger partial charge on any atom is 0.177 e. The Labute approximate surface area is 200 Å². The van der Waals surface area contributed by atoms with Crippen LogP contribution in [0.5, 0.6) is 5.75 Å². The van der Waals surface area contributed by atoms with Crippen molar-refractivity contribution >= 4 is 0 Å². The van der Waals surface area contributed by atoms with Gasteiger partial charge in [-0.2, -0.15) is 0 Å². The van der Waals surface area contributed by atoms with Crippen LogP contribution in [0.2, 0.25) is 0 Å². The Hall–Kier alpha value is -1.40. The number of rotatable bonds is 9. The van der Waals surface area contributed by atoms with Gasteiger partial charge in [-0.1, -0.05) is 18.6 Å². The van der Waals surface area contributed by atoms with E-state index < -0.39 is 0 Å². The average molecular weight is 457 g/mol. The molecule has 0 spiro atoms. The van der Waals surface area contributed by atoms with Gasteiger partial charge in [0.05, 0.1) is 13.2 Å². The molecule has 2 fully saturated rings. The molecule has 0 bridgehead atoms. The van der Waals surface area contributed by atoms with Crippen LogP contribution in [0.25, 0.3) is 0 Å². The summed E-state index contributed by atoms with van der Waals surface area (Å²) in [6.07, 6.45) is 9.32. The standard InChI is InChI=1S/C28H44N2O3/c1-28-13-12-24-23-10-8-22(31)18-20(23)6-9-25(24)26(28)11-7-21(28)19-27(32-16-14-29(2)3)33-17-15-30(4)5/h8,10,18-19,24-27,31H,6-7,9,11-17H2,1-5H3/b21-19+. The van der Waals surface area contributed by atoms with Gasteiger partial charge in [0, 0.05) is 13.1 Å². The zero-order valence-corrected chi connectivity index (χ0v) is 21.3. The van der Waals surface area contributed by atoms with Crippen LogP contribution in [0.15, 0.2) is 29.8 Å². The lowest BCUT2D eigenvalue weighted by atomic mass is 9.55. The fourth-order valence-electron chi connectivity index (χ4n) is 6.70. The highest BCUT2D eigenvalue weighted by Gasteiger charge is 2.52. The van der Waals surface area contributed by atoms with E-state index in [1.807, 2.05) is 12.1 Å². The van der Waals surface area contributed by atoms with Crippen molar-refractivity contribution in [2.75, 3.05) is 54.5 Å². The molecule has 0 heterocycles. The Balaban J connectivity index is 1.49. The second-order valence-corrected chi connectivity index (χ2v) is 11.2. The summed E-state index contributed by atoms with van der Waals surface area (Å²) in [7, 11) is 8.31. The molecule has 5 nitrogen and oxygen atoms in total. The number of phenols is 1. The van der Waals surface area contributed by atoms with E-state index in [-0.39, 0.29) is 11.7 Å². The zero-order valence-electron chi connectivity index (χ0n) is 21.3. The number of phenolic OH excluding ortho intramolecular Hbond substituents is 1. The summed E-state index contributed by atoms with van der Waals surface area (Å²) >= 11 is 0. The van der Waals surface area contributed by atoms with Gasteiger partial charge in [-0.05, 0) is 119 Å². The quantitative estimate of drug-likeness (QED) is 0.433. The molecule has 0 saturated heterocycles. The van der Waals surface area contributed by atoms with E-state index in [0.717, 1.165) is 37.8 Å². The van der Waals surface area contributed by atoms with Crippen molar-refractivity contribution in [1.82, 2.24) is 9.80 Å². The van der Waals surface area contributed by atoms with Gasteiger partial charge in [-0.25, -0.2) is 0 Å². The molecule has 4 atom stereocenters. The second kappa shape index (κ2) is 10.5. The number of likely N-dealkylation sites (N-methyl/N-ethyl adjacent to an activating group) is 2. The van der Waals surface area contributed by atoms with E-state index >= 15 is 0 Å². The number of aryl methyl sites for hydroxylation is 1. The Morgan fingerprint density at radius 2 is 1.73 bits per heavy atom. The molecule has 0 aliphatic heterocycles. The number of hydrogen-bond donors (Lipinski definition) is 1. The lowest BCUT2D eigenvalue weighted by molar-refractivity contribution is -0.116. The van der Waals surface area contributed by atoms with Crippen LogP contribution in [0.1, 0.15) is 56.1 Å². The molecule has 1 N–H and O–H groups in total. The van der Waals surface area contributed by atoms with Crippen molar-refractivity contribution < 1.29 is 14.6 Å². The topological polar surface area (TPSA) is 45.2 Å². The number of hydrogen-bond acceptors (Lipinski definition) is 5. The normalized spacial score (nSPS) is 30.2. The fraction of sp³-hybridized carbons (Fsp3) is 0.714. The highest BCUT2D eigenvalue weighted by Crippen LogP contribution is 2.62.